The molecule has 3 aromatic rings. The predicted octanol–water partition coefficient (Wildman–Crippen LogP) is 2.74. The number of aromatic hydroxyl groups is 1. The lowest BCUT2D eigenvalue weighted by atomic mass is 10.1. The molecular weight excluding hydrogens is 300 g/mol. The van der Waals surface area contributed by atoms with E-state index in [9.17, 15) is 14.7 Å². The molecule has 0 amide bonds. The third-order valence-corrected chi connectivity index (χ3v) is 3.11. The Labute approximate surface area is 128 Å². The Hall–Kier alpha value is -3.55. The number of carbonyl (C=O) groups is 1. The molecule has 1 aromatic carbocycles. The van der Waals surface area contributed by atoms with Crippen LogP contribution in [0, 0.1) is 0 Å². The topological polar surface area (TPSA) is 128 Å². The summed E-state index contributed by atoms with van der Waals surface area (Å²) < 4.78 is 0. The molecule has 3 rings (SSSR count). The Morgan fingerprint density at radius 1 is 1.17 bits per heavy atom. The zero-order chi connectivity index (χ0) is 16.4. The molecule has 0 unspecified atom stereocenters. The molecule has 0 atom stereocenters. The van der Waals surface area contributed by atoms with Gasteiger partial charge in [-0.3, -0.25) is 4.79 Å². The van der Waals surface area contributed by atoms with Crippen LogP contribution in [0.1, 0.15) is 10.4 Å². The Morgan fingerprint density at radius 3 is 2.70 bits per heavy atom. The molecule has 0 spiro atoms. The molecule has 3 N–H and O–H groups in total. The summed E-state index contributed by atoms with van der Waals surface area (Å²) in [6.45, 7) is 0. The zero-order valence-corrected chi connectivity index (χ0v) is 11.6. The fourth-order valence-corrected chi connectivity index (χ4v) is 2.03. The number of pyridine rings is 2. The number of nitrogens with one attached hydrogen (secondary N) is 1. The highest BCUT2D eigenvalue weighted by Crippen LogP contribution is 2.31. The molecule has 8 nitrogen and oxygen atoms in total. The van der Waals surface area contributed by atoms with E-state index >= 15 is 0 Å². The van der Waals surface area contributed by atoms with Crippen molar-refractivity contribution in [1.29, 1.82) is 0 Å². The highest BCUT2D eigenvalue weighted by molar-refractivity contribution is 5.98. The number of carboxylic acid groups (broad SMARTS) is 1. The first-order chi connectivity index (χ1) is 11.1. The van der Waals surface area contributed by atoms with E-state index in [1.807, 2.05) is 0 Å². The molecule has 2 heterocycles. The van der Waals surface area contributed by atoms with Gasteiger partial charge >= 0.3 is 5.97 Å². The largest absolute Gasteiger partial charge is 0.507 e. The van der Waals surface area contributed by atoms with E-state index in [2.05, 4.69) is 20.2 Å². The van der Waals surface area contributed by atoms with Crippen LogP contribution in [0.3, 0.4) is 0 Å². The van der Waals surface area contributed by atoms with Crippen molar-refractivity contribution in [2.45, 2.75) is 0 Å². The first-order valence-electron chi connectivity index (χ1n) is 6.51. The van der Waals surface area contributed by atoms with Crippen molar-refractivity contribution in [1.82, 2.24) is 9.97 Å². The first kappa shape index (κ1) is 14.4. The number of azo groups is 1. The van der Waals surface area contributed by atoms with E-state index in [1.165, 1.54) is 12.1 Å². The van der Waals surface area contributed by atoms with Crippen LogP contribution in [0.15, 0.2) is 57.6 Å². The molecule has 0 aliphatic carbocycles. The number of phenols is 1. The third-order valence-electron chi connectivity index (χ3n) is 3.11. The smallest absolute Gasteiger partial charge is 0.341 e. The minimum absolute atomic E-state index is 0.166. The molecule has 0 aliphatic rings. The molecule has 0 bridgehead atoms. The second-order valence-electron chi connectivity index (χ2n) is 4.60. The van der Waals surface area contributed by atoms with Gasteiger partial charge in [0.05, 0.1) is 5.52 Å². The molecule has 0 aliphatic heterocycles. The van der Waals surface area contributed by atoms with Crippen LogP contribution in [0.5, 0.6) is 5.75 Å². The minimum atomic E-state index is -1.38. The van der Waals surface area contributed by atoms with E-state index < -0.39 is 17.1 Å². The third kappa shape index (κ3) is 2.77. The Morgan fingerprint density at radius 2 is 2.00 bits per heavy atom. The van der Waals surface area contributed by atoms with Gasteiger partial charge < -0.3 is 15.2 Å². The van der Waals surface area contributed by atoms with Crippen LogP contribution in [-0.4, -0.2) is 26.2 Å². The van der Waals surface area contributed by atoms with Gasteiger partial charge in [-0.15, -0.1) is 10.2 Å². The van der Waals surface area contributed by atoms with Gasteiger partial charge in [0, 0.05) is 11.6 Å². The average Bonchev–Trinajstić information content (AvgIpc) is 2.54. The highest BCUT2D eigenvalue weighted by atomic mass is 16.4. The maximum Gasteiger partial charge on any atom is 0.341 e. The van der Waals surface area contributed by atoms with Crippen LogP contribution < -0.4 is 5.56 Å². The maximum absolute atomic E-state index is 11.8. The van der Waals surface area contributed by atoms with E-state index in [0.29, 0.717) is 5.82 Å². The lowest BCUT2D eigenvalue weighted by molar-refractivity contribution is 0.0695. The summed E-state index contributed by atoms with van der Waals surface area (Å²) in [7, 11) is 0. The van der Waals surface area contributed by atoms with E-state index in [-0.39, 0.29) is 22.3 Å². The van der Waals surface area contributed by atoms with Crippen molar-refractivity contribution in [3.05, 3.63) is 58.5 Å². The number of aromatic carboxylic acids is 1. The number of rotatable bonds is 3. The summed E-state index contributed by atoms with van der Waals surface area (Å²) in [5, 5.41) is 27.0. The monoisotopic (exact) mass is 310 g/mol. The van der Waals surface area contributed by atoms with Gasteiger partial charge in [-0.25, -0.2) is 9.78 Å². The number of benzene rings is 1. The summed E-state index contributed by atoms with van der Waals surface area (Å²) in [5.74, 6) is -1.18. The van der Waals surface area contributed by atoms with Gasteiger partial charge in [-0.1, -0.05) is 6.07 Å². The van der Waals surface area contributed by atoms with Crippen LogP contribution in [0.25, 0.3) is 10.9 Å². The Balaban J connectivity index is 2.17. The molecule has 23 heavy (non-hydrogen) atoms. The maximum atomic E-state index is 11.8. The van der Waals surface area contributed by atoms with Crippen LogP contribution in [0.4, 0.5) is 11.5 Å². The van der Waals surface area contributed by atoms with Crippen LogP contribution in [0.2, 0.25) is 0 Å². The van der Waals surface area contributed by atoms with E-state index in [4.69, 9.17) is 5.11 Å². The molecule has 0 fully saturated rings. The number of carboxylic acids is 1. The van der Waals surface area contributed by atoms with Crippen LogP contribution >= 0.6 is 0 Å². The van der Waals surface area contributed by atoms with Gasteiger partial charge in [-0.05, 0) is 30.3 Å². The molecule has 114 valence electrons. The SMILES string of the molecule is O=C(O)c1cc2c(O)ccc(N=Nc3ccccn3)c2[nH]c1=O. The van der Waals surface area contributed by atoms with Crippen molar-refractivity contribution in [3.63, 3.8) is 0 Å². The number of H-pyrrole nitrogens is 1. The van der Waals surface area contributed by atoms with E-state index in [0.717, 1.165) is 6.07 Å². The number of fused-ring (bicyclic) bond motifs is 1. The van der Waals surface area contributed by atoms with Gasteiger partial charge in [-0.2, -0.15) is 0 Å². The summed E-state index contributed by atoms with van der Waals surface area (Å²) in [6, 6.07) is 9.04. The lowest BCUT2D eigenvalue weighted by Gasteiger charge is -2.04. The molecule has 8 heteroatoms. The van der Waals surface area contributed by atoms with Crippen molar-refractivity contribution in [3.8, 4) is 5.75 Å². The molecule has 0 saturated heterocycles. The zero-order valence-electron chi connectivity index (χ0n) is 11.6. The molecule has 0 saturated carbocycles. The summed E-state index contributed by atoms with van der Waals surface area (Å²) in [5.41, 5.74) is -0.784. The standard InChI is InChI=1S/C15H10N4O4/c20-11-5-4-10(18-19-12-3-1-2-6-16-12)13-8(11)7-9(15(22)23)14(21)17-13/h1-7,20H,(H,17,21)(H,22,23). The summed E-state index contributed by atoms with van der Waals surface area (Å²) in [4.78, 5) is 29.2. The summed E-state index contributed by atoms with van der Waals surface area (Å²) >= 11 is 0. The number of hydrogen-bond acceptors (Lipinski definition) is 6. The minimum Gasteiger partial charge on any atom is -0.507 e. The van der Waals surface area contributed by atoms with E-state index in [1.54, 1.807) is 24.4 Å². The fourth-order valence-electron chi connectivity index (χ4n) is 2.03. The van der Waals surface area contributed by atoms with Crippen molar-refractivity contribution >= 4 is 28.4 Å². The second kappa shape index (κ2) is 5.68. The molecular formula is C15H10N4O4. The average molecular weight is 310 g/mol. The lowest BCUT2D eigenvalue weighted by Crippen LogP contribution is -2.16. The number of aromatic amines is 1. The normalized spacial score (nSPS) is 11.1. The van der Waals surface area contributed by atoms with Crippen molar-refractivity contribution in [2.75, 3.05) is 0 Å². The molecule has 2 aromatic heterocycles. The number of aromatic nitrogens is 2. The van der Waals surface area contributed by atoms with Gasteiger partial charge in [0.1, 0.15) is 17.0 Å². The predicted molar refractivity (Wildman–Crippen MR) is 81.6 cm³/mol. The number of hydrogen-bond donors (Lipinski definition) is 3. The first-order valence-corrected chi connectivity index (χ1v) is 6.51. The second-order valence-corrected chi connectivity index (χ2v) is 4.60. The number of nitrogens with zero attached hydrogens (tertiary/aromatic N) is 3. The Bertz CT molecular complexity index is 980. The van der Waals surface area contributed by atoms with Crippen LogP contribution in [-0.2, 0) is 0 Å². The van der Waals surface area contributed by atoms with Gasteiger partial charge in [0.2, 0.25) is 0 Å². The molecule has 0 radical (unpaired) electrons. The fraction of sp³-hybridized carbons (Fsp3) is 0. The van der Waals surface area contributed by atoms with Crippen molar-refractivity contribution < 1.29 is 15.0 Å². The quantitative estimate of drug-likeness (QED) is 0.641. The summed E-state index contributed by atoms with van der Waals surface area (Å²) in [6.07, 6.45) is 1.56. The van der Waals surface area contributed by atoms with Gasteiger partial charge in [0.25, 0.3) is 5.56 Å². The highest BCUT2D eigenvalue weighted by Gasteiger charge is 2.14. The van der Waals surface area contributed by atoms with Gasteiger partial charge in [0.15, 0.2) is 5.82 Å². The van der Waals surface area contributed by atoms with Crippen molar-refractivity contribution in [2.24, 2.45) is 10.2 Å². The number of phenolic OH excluding ortho intramolecular Hbond substituents is 1. The Kier molecular flexibility index (Phi) is 3.55.